The average Bonchev–Trinajstić information content (AvgIpc) is 2.63. The van der Waals surface area contributed by atoms with Crippen molar-refractivity contribution in [2.45, 2.75) is 0 Å². The van der Waals surface area contributed by atoms with Crippen LogP contribution in [0.3, 0.4) is 0 Å². The van der Waals surface area contributed by atoms with Gasteiger partial charge in [-0.15, -0.1) is 6.42 Å². The van der Waals surface area contributed by atoms with Crippen molar-refractivity contribution in [3.05, 3.63) is 41.5 Å². The maximum atomic E-state index is 12.6. The number of hydrogen-bond donors (Lipinski definition) is 3. The maximum absolute atomic E-state index is 12.6. The van der Waals surface area contributed by atoms with Gasteiger partial charge >= 0.3 is 0 Å². The van der Waals surface area contributed by atoms with E-state index < -0.39 is 0 Å². The van der Waals surface area contributed by atoms with Crippen LogP contribution in [-0.4, -0.2) is 49.4 Å². The number of amides is 2. The third-order valence-corrected chi connectivity index (χ3v) is 4.18. The van der Waals surface area contributed by atoms with E-state index in [4.69, 9.17) is 12.2 Å². The second kappa shape index (κ2) is 7.34. The zero-order valence-electron chi connectivity index (χ0n) is 13.8. The molecule has 0 radical (unpaired) electrons. The van der Waals surface area contributed by atoms with Gasteiger partial charge in [-0.3, -0.25) is 14.5 Å². The quantitative estimate of drug-likeness (QED) is 0.399. The van der Waals surface area contributed by atoms with Gasteiger partial charge in [0.2, 0.25) is 0 Å². The third-order valence-electron chi connectivity index (χ3n) is 4.18. The number of hydrogen-bond acceptors (Lipinski definition) is 5. The lowest BCUT2D eigenvalue weighted by Crippen LogP contribution is -2.40. The molecule has 0 atom stereocenters. The number of imide groups is 1. The second-order valence-corrected chi connectivity index (χ2v) is 5.75. The number of nitrogens with zero attached hydrogens (tertiary/aromatic N) is 1. The molecular weight excluding hydrogens is 316 g/mol. The standard InChI is InChI=1S/C19H20N4O2/c1-2-12-23-18(24)14-5-3-4-13-16(22-11-10-21-9-8-20)7-6-15(17(13)14)19(23)25/h1,3-7,21-22H,8-12,20H2. The van der Waals surface area contributed by atoms with E-state index in [0.717, 1.165) is 29.1 Å². The van der Waals surface area contributed by atoms with Gasteiger partial charge in [-0.1, -0.05) is 18.1 Å². The molecule has 0 aliphatic carbocycles. The lowest BCUT2D eigenvalue weighted by molar-refractivity contribution is 0.0632. The van der Waals surface area contributed by atoms with E-state index in [9.17, 15) is 9.59 Å². The van der Waals surface area contributed by atoms with Crippen molar-refractivity contribution >= 4 is 28.3 Å². The Bertz CT molecular complexity index is 847. The molecule has 6 heteroatoms. The molecule has 2 aromatic rings. The fourth-order valence-corrected chi connectivity index (χ4v) is 3.05. The molecule has 0 unspecified atom stereocenters. The summed E-state index contributed by atoms with van der Waals surface area (Å²) in [5.74, 6) is 1.68. The highest BCUT2D eigenvalue weighted by Crippen LogP contribution is 2.34. The molecule has 1 heterocycles. The van der Waals surface area contributed by atoms with Gasteiger partial charge in [0.15, 0.2) is 0 Å². The van der Waals surface area contributed by atoms with Crippen LogP contribution < -0.4 is 16.4 Å². The third kappa shape index (κ3) is 3.07. The number of rotatable bonds is 7. The number of carbonyl (C=O) groups excluding carboxylic acids is 2. The topological polar surface area (TPSA) is 87.5 Å². The van der Waals surface area contributed by atoms with Crippen LogP contribution in [0.25, 0.3) is 10.8 Å². The Morgan fingerprint density at radius 3 is 2.52 bits per heavy atom. The minimum atomic E-state index is -0.345. The van der Waals surface area contributed by atoms with Gasteiger partial charge in [-0.2, -0.15) is 0 Å². The summed E-state index contributed by atoms with van der Waals surface area (Å²) in [6, 6.07) is 9.08. The van der Waals surface area contributed by atoms with Crippen molar-refractivity contribution < 1.29 is 9.59 Å². The van der Waals surface area contributed by atoms with E-state index in [-0.39, 0.29) is 18.4 Å². The van der Waals surface area contributed by atoms with Gasteiger partial charge in [0, 0.05) is 53.8 Å². The van der Waals surface area contributed by atoms with E-state index in [2.05, 4.69) is 16.6 Å². The van der Waals surface area contributed by atoms with Crippen LogP contribution in [0.1, 0.15) is 20.7 Å². The number of benzene rings is 2. The first kappa shape index (κ1) is 17.0. The number of nitrogens with two attached hydrogens (primary N) is 1. The normalized spacial score (nSPS) is 13.2. The van der Waals surface area contributed by atoms with E-state index in [1.807, 2.05) is 18.2 Å². The molecule has 0 saturated carbocycles. The van der Waals surface area contributed by atoms with Gasteiger partial charge in [0.1, 0.15) is 0 Å². The second-order valence-electron chi connectivity index (χ2n) is 5.75. The lowest BCUT2D eigenvalue weighted by Gasteiger charge is -2.26. The molecule has 2 aromatic carbocycles. The fourth-order valence-electron chi connectivity index (χ4n) is 3.05. The van der Waals surface area contributed by atoms with E-state index in [1.54, 1.807) is 12.1 Å². The molecule has 0 aromatic heterocycles. The van der Waals surface area contributed by atoms with Gasteiger partial charge in [0.25, 0.3) is 11.8 Å². The minimum absolute atomic E-state index is 0.0275. The van der Waals surface area contributed by atoms with Gasteiger partial charge in [0.05, 0.1) is 6.54 Å². The summed E-state index contributed by atoms with van der Waals surface area (Å²) in [7, 11) is 0. The van der Waals surface area contributed by atoms with Crippen LogP contribution in [0.4, 0.5) is 5.69 Å². The van der Waals surface area contributed by atoms with Crippen molar-refractivity contribution in [1.29, 1.82) is 0 Å². The zero-order chi connectivity index (χ0) is 17.8. The Balaban J connectivity index is 1.96. The Morgan fingerprint density at radius 1 is 1.04 bits per heavy atom. The molecule has 6 nitrogen and oxygen atoms in total. The smallest absolute Gasteiger partial charge is 0.262 e. The molecule has 0 fully saturated rings. The highest BCUT2D eigenvalue weighted by molar-refractivity contribution is 6.26. The zero-order valence-corrected chi connectivity index (χ0v) is 13.8. The summed E-state index contributed by atoms with van der Waals surface area (Å²) in [6.45, 7) is 2.82. The summed E-state index contributed by atoms with van der Waals surface area (Å²) in [6.07, 6.45) is 5.29. The van der Waals surface area contributed by atoms with Crippen LogP contribution in [0.15, 0.2) is 30.3 Å². The number of terminal acetylenes is 1. The van der Waals surface area contributed by atoms with Gasteiger partial charge < -0.3 is 16.4 Å². The Hall–Kier alpha value is -2.88. The first-order valence-corrected chi connectivity index (χ1v) is 8.19. The predicted molar refractivity (Wildman–Crippen MR) is 98.6 cm³/mol. The molecule has 2 amide bonds. The Kier molecular flexibility index (Phi) is 4.98. The maximum Gasteiger partial charge on any atom is 0.262 e. The summed E-state index contributed by atoms with van der Waals surface area (Å²) in [5.41, 5.74) is 7.35. The molecule has 25 heavy (non-hydrogen) atoms. The van der Waals surface area contributed by atoms with E-state index in [0.29, 0.717) is 29.6 Å². The molecule has 1 aliphatic rings. The summed E-state index contributed by atoms with van der Waals surface area (Å²) in [4.78, 5) is 26.3. The molecule has 0 bridgehead atoms. The van der Waals surface area contributed by atoms with Crippen molar-refractivity contribution in [3.8, 4) is 12.3 Å². The van der Waals surface area contributed by atoms with Crippen molar-refractivity contribution in [1.82, 2.24) is 10.2 Å². The summed E-state index contributed by atoms with van der Waals surface area (Å²) in [5, 5.41) is 8.10. The minimum Gasteiger partial charge on any atom is -0.383 e. The van der Waals surface area contributed by atoms with E-state index >= 15 is 0 Å². The van der Waals surface area contributed by atoms with Crippen molar-refractivity contribution in [2.75, 3.05) is 38.0 Å². The highest BCUT2D eigenvalue weighted by Gasteiger charge is 2.32. The van der Waals surface area contributed by atoms with Crippen LogP contribution in [-0.2, 0) is 0 Å². The summed E-state index contributed by atoms with van der Waals surface area (Å²) < 4.78 is 0. The predicted octanol–water partition coefficient (Wildman–Crippen LogP) is 1.03. The van der Waals surface area contributed by atoms with E-state index in [1.165, 1.54) is 0 Å². The Morgan fingerprint density at radius 2 is 1.80 bits per heavy atom. The number of carbonyl (C=O) groups is 2. The van der Waals surface area contributed by atoms with Crippen LogP contribution >= 0.6 is 0 Å². The highest BCUT2D eigenvalue weighted by atomic mass is 16.2. The van der Waals surface area contributed by atoms with Crippen LogP contribution in [0.2, 0.25) is 0 Å². The average molecular weight is 336 g/mol. The largest absolute Gasteiger partial charge is 0.383 e. The fraction of sp³-hybridized carbons (Fsp3) is 0.263. The van der Waals surface area contributed by atoms with Crippen molar-refractivity contribution in [3.63, 3.8) is 0 Å². The molecular formula is C19H20N4O2. The molecule has 4 N–H and O–H groups in total. The SMILES string of the molecule is C#CCN1C(=O)c2cccc3c(NCCNCCN)ccc(c23)C1=O. The molecule has 3 rings (SSSR count). The molecule has 0 spiro atoms. The first-order chi connectivity index (χ1) is 12.2. The monoisotopic (exact) mass is 336 g/mol. The molecule has 0 saturated heterocycles. The van der Waals surface area contributed by atoms with Crippen LogP contribution in [0, 0.1) is 12.3 Å². The van der Waals surface area contributed by atoms with Crippen molar-refractivity contribution in [2.24, 2.45) is 5.73 Å². The number of nitrogens with one attached hydrogen (secondary N) is 2. The van der Waals surface area contributed by atoms with Gasteiger partial charge in [-0.05, 0) is 18.2 Å². The first-order valence-electron chi connectivity index (χ1n) is 8.19. The molecule has 1 aliphatic heterocycles. The van der Waals surface area contributed by atoms with Gasteiger partial charge in [-0.25, -0.2) is 0 Å². The number of anilines is 1. The Labute approximate surface area is 146 Å². The van der Waals surface area contributed by atoms with Crippen LogP contribution in [0.5, 0.6) is 0 Å². The lowest BCUT2D eigenvalue weighted by atomic mass is 9.93. The summed E-state index contributed by atoms with van der Waals surface area (Å²) >= 11 is 0. The molecule has 128 valence electrons.